The third kappa shape index (κ3) is 12.2. The number of nitrogens with two attached hydrogens (primary N) is 1. The van der Waals surface area contributed by atoms with Crippen LogP contribution in [-0.4, -0.2) is 70.5 Å². The summed E-state index contributed by atoms with van der Waals surface area (Å²) < 4.78 is 0. The number of rotatable bonds is 18. The van der Waals surface area contributed by atoms with Crippen molar-refractivity contribution in [1.82, 2.24) is 21.0 Å². The van der Waals surface area contributed by atoms with Gasteiger partial charge in [0.1, 0.15) is 24.2 Å². The largest absolute Gasteiger partial charge is 0.480 e. The fourth-order valence-corrected chi connectivity index (χ4v) is 7.70. The van der Waals surface area contributed by atoms with Crippen molar-refractivity contribution in [2.45, 2.75) is 62.8 Å². The number of carbonyl (C=O) groups excluding carboxylic acids is 4. The number of hydrogen-bond donors (Lipinski definition) is 5. The number of hydroxylamine groups is 2. The molecule has 0 fully saturated rings. The molecule has 7 rings (SSSR count). The first kappa shape index (κ1) is 44.6. The molecule has 6 aromatic rings. The minimum atomic E-state index is -1.25. The zero-order valence-corrected chi connectivity index (χ0v) is 35.3. The van der Waals surface area contributed by atoms with Gasteiger partial charge in [0.2, 0.25) is 11.8 Å². The molecule has 326 valence electrons. The van der Waals surface area contributed by atoms with E-state index in [1.165, 1.54) is 5.06 Å². The van der Waals surface area contributed by atoms with Crippen LogP contribution < -0.4 is 21.7 Å². The molecule has 0 aromatic heterocycles. The van der Waals surface area contributed by atoms with Gasteiger partial charge in [0.05, 0.1) is 6.54 Å². The SMILES string of the molecule is N[C@@H](Cc1ccc(C(=O)NCCc2ccc(-c3ccccc3)cc2)cc1)C(=O)ON1Cc2ccccc2C[C@H]1C(=O)N[C@@H](Cc1ccccc1)C(=O)N[C@@H](Cc1ccccc1)C(=O)O. The van der Waals surface area contributed by atoms with Crippen LogP contribution in [0.4, 0.5) is 0 Å². The maximum atomic E-state index is 14.3. The first-order valence-corrected chi connectivity index (χ1v) is 21.3. The average Bonchev–Trinajstić information content (AvgIpc) is 3.32. The number of carboxylic acids is 1. The van der Waals surface area contributed by atoms with Crippen LogP contribution in [0, 0.1) is 0 Å². The van der Waals surface area contributed by atoms with Crippen molar-refractivity contribution in [3.8, 4) is 11.1 Å². The lowest BCUT2D eigenvalue weighted by Crippen LogP contribution is -2.58. The molecule has 0 bridgehead atoms. The van der Waals surface area contributed by atoms with Gasteiger partial charge in [0, 0.05) is 31.4 Å². The van der Waals surface area contributed by atoms with Gasteiger partial charge in [-0.05, 0) is 69.5 Å². The van der Waals surface area contributed by atoms with E-state index in [0.29, 0.717) is 24.1 Å². The summed E-state index contributed by atoms with van der Waals surface area (Å²) in [6.07, 6.45) is 1.07. The molecule has 1 aliphatic heterocycles. The first-order chi connectivity index (χ1) is 31.1. The van der Waals surface area contributed by atoms with Gasteiger partial charge in [-0.1, -0.05) is 152 Å². The van der Waals surface area contributed by atoms with E-state index in [1.54, 1.807) is 48.5 Å². The van der Waals surface area contributed by atoms with Gasteiger partial charge in [0.25, 0.3) is 5.91 Å². The number of nitrogens with zero attached hydrogens (tertiary/aromatic N) is 1. The van der Waals surface area contributed by atoms with Gasteiger partial charge in [0.15, 0.2) is 0 Å². The standard InChI is InChI=1S/C52H51N5O7/c53-44(30-38-22-26-41(27-23-38)48(58)54-29-28-35-20-24-40(25-21-35)39-16-8-3-9-17-39)52(63)64-57-34-43-19-11-10-18-42(43)33-47(57)50(60)55-45(31-36-12-4-1-5-13-36)49(59)56-46(51(61)62)32-37-14-6-2-7-15-37/h1-27,44-47H,28-34,53H2,(H,54,58)(H,55,60)(H,56,59)(H,61,62)/t44-,45-,46-,47-/m0/s1. The molecule has 12 nitrogen and oxygen atoms in total. The van der Waals surface area contributed by atoms with Crippen molar-refractivity contribution in [3.05, 3.63) is 203 Å². The van der Waals surface area contributed by atoms with Crippen LogP contribution in [0.2, 0.25) is 0 Å². The number of benzene rings is 6. The summed E-state index contributed by atoms with van der Waals surface area (Å²) in [5.41, 5.74) is 14.2. The number of fused-ring (bicyclic) bond motifs is 1. The van der Waals surface area contributed by atoms with E-state index in [1.807, 2.05) is 78.9 Å². The van der Waals surface area contributed by atoms with Crippen LogP contribution in [0.1, 0.15) is 43.7 Å². The summed E-state index contributed by atoms with van der Waals surface area (Å²) in [4.78, 5) is 72.9. The number of aliphatic carboxylic acids is 1. The number of hydrogen-bond acceptors (Lipinski definition) is 8. The lowest BCUT2D eigenvalue weighted by Gasteiger charge is -2.35. The summed E-state index contributed by atoms with van der Waals surface area (Å²) in [6, 6.07) is 46.2. The molecule has 6 N–H and O–H groups in total. The maximum absolute atomic E-state index is 14.3. The van der Waals surface area contributed by atoms with Gasteiger partial charge in [-0.25, -0.2) is 9.59 Å². The van der Waals surface area contributed by atoms with E-state index in [2.05, 4.69) is 52.3 Å². The van der Waals surface area contributed by atoms with Gasteiger partial charge < -0.3 is 31.6 Å². The van der Waals surface area contributed by atoms with Crippen molar-refractivity contribution in [1.29, 1.82) is 0 Å². The van der Waals surface area contributed by atoms with Crippen molar-refractivity contribution in [3.63, 3.8) is 0 Å². The molecule has 1 aliphatic rings. The van der Waals surface area contributed by atoms with E-state index in [4.69, 9.17) is 10.6 Å². The van der Waals surface area contributed by atoms with Crippen LogP contribution in [0.3, 0.4) is 0 Å². The molecule has 0 saturated heterocycles. The summed E-state index contributed by atoms with van der Waals surface area (Å²) >= 11 is 0. The minimum Gasteiger partial charge on any atom is -0.480 e. The van der Waals surface area contributed by atoms with Crippen LogP contribution in [0.15, 0.2) is 164 Å². The zero-order valence-electron chi connectivity index (χ0n) is 35.3. The van der Waals surface area contributed by atoms with E-state index < -0.39 is 47.9 Å². The second kappa shape index (κ2) is 21.6. The Kier molecular flexibility index (Phi) is 15.1. The number of nitrogens with one attached hydrogen (secondary N) is 3. The molecule has 0 unspecified atom stereocenters. The topological polar surface area (TPSA) is 180 Å². The molecule has 1 heterocycles. The predicted octanol–water partition coefficient (Wildman–Crippen LogP) is 5.62. The van der Waals surface area contributed by atoms with E-state index >= 15 is 0 Å². The maximum Gasteiger partial charge on any atom is 0.342 e. The molecule has 12 heteroatoms. The second-order valence-corrected chi connectivity index (χ2v) is 15.9. The zero-order chi connectivity index (χ0) is 44.8. The Hall–Kier alpha value is -7.41. The van der Waals surface area contributed by atoms with Crippen molar-refractivity contribution < 1.29 is 33.9 Å². The molecule has 0 aliphatic carbocycles. The fourth-order valence-electron chi connectivity index (χ4n) is 7.70. The quantitative estimate of drug-likeness (QED) is 0.0734. The molecular formula is C52H51N5O7. The van der Waals surface area contributed by atoms with Crippen molar-refractivity contribution in [2.24, 2.45) is 5.73 Å². The van der Waals surface area contributed by atoms with E-state index in [0.717, 1.165) is 38.9 Å². The summed E-state index contributed by atoms with van der Waals surface area (Å²) in [7, 11) is 0. The smallest absolute Gasteiger partial charge is 0.342 e. The predicted molar refractivity (Wildman–Crippen MR) is 243 cm³/mol. The Morgan fingerprint density at radius 2 is 1.14 bits per heavy atom. The van der Waals surface area contributed by atoms with Gasteiger partial charge in [-0.2, -0.15) is 0 Å². The molecule has 0 saturated carbocycles. The van der Waals surface area contributed by atoms with Gasteiger partial charge in [-0.15, -0.1) is 5.06 Å². The fraction of sp³-hybridized carbons (Fsp3) is 0.212. The lowest BCUT2D eigenvalue weighted by atomic mass is 9.94. The number of carbonyl (C=O) groups is 5. The van der Waals surface area contributed by atoms with E-state index in [-0.39, 0.29) is 38.1 Å². The second-order valence-electron chi connectivity index (χ2n) is 15.9. The Bertz CT molecular complexity index is 2520. The lowest BCUT2D eigenvalue weighted by molar-refractivity contribution is -0.210. The summed E-state index contributed by atoms with van der Waals surface area (Å²) in [5, 5.41) is 19.8. The van der Waals surface area contributed by atoms with Crippen molar-refractivity contribution in [2.75, 3.05) is 6.54 Å². The molecule has 0 spiro atoms. The van der Waals surface area contributed by atoms with Crippen LogP contribution in [-0.2, 0) is 62.7 Å². The molecule has 0 radical (unpaired) electrons. The number of carboxylic acid groups (broad SMARTS) is 1. The third-order valence-electron chi connectivity index (χ3n) is 11.3. The van der Waals surface area contributed by atoms with Crippen LogP contribution in [0.25, 0.3) is 11.1 Å². The summed E-state index contributed by atoms with van der Waals surface area (Å²) in [6.45, 7) is 0.548. The Morgan fingerprint density at radius 1 is 0.609 bits per heavy atom. The minimum absolute atomic E-state index is 0.0446. The van der Waals surface area contributed by atoms with Gasteiger partial charge >= 0.3 is 11.9 Å². The highest BCUT2D eigenvalue weighted by Crippen LogP contribution is 2.25. The number of amides is 3. The average molecular weight is 858 g/mol. The van der Waals surface area contributed by atoms with Crippen molar-refractivity contribution >= 4 is 29.7 Å². The Balaban J connectivity index is 0.967. The molecule has 6 aromatic carbocycles. The Morgan fingerprint density at radius 3 is 1.77 bits per heavy atom. The molecule has 4 atom stereocenters. The van der Waals surface area contributed by atoms with E-state index in [9.17, 15) is 29.1 Å². The monoisotopic (exact) mass is 857 g/mol. The highest BCUT2D eigenvalue weighted by Gasteiger charge is 2.37. The molecule has 64 heavy (non-hydrogen) atoms. The first-order valence-electron chi connectivity index (χ1n) is 21.3. The normalized spacial score (nSPS) is 14.8. The molecular weight excluding hydrogens is 807 g/mol. The van der Waals surface area contributed by atoms with Crippen LogP contribution >= 0.6 is 0 Å². The van der Waals surface area contributed by atoms with Crippen LogP contribution in [0.5, 0.6) is 0 Å². The van der Waals surface area contributed by atoms with Gasteiger partial charge in [-0.3, -0.25) is 14.4 Å². The third-order valence-corrected chi connectivity index (χ3v) is 11.3. The molecule has 3 amide bonds. The summed E-state index contributed by atoms with van der Waals surface area (Å²) in [5.74, 6) is -3.45. The highest BCUT2D eigenvalue weighted by molar-refractivity contribution is 5.94. The highest BCUT2D eigenvalue weighted by atomic mass is 16.7. The Labute approximate surface area is 372 Å².